The molecule has 27 heavy (non-hydrogen) atoms. The van der Waals surface area contributed by atoms with Gasteiger partial charge in [-0.15, -0.1) is 11.3 Å². The van der Waals surface area contributed by atoms with Crippen LogP contribution in [0.25, 0.3) is 21.2 Å². The Balaban J connectivity index is 1.73. The summed E-state index contributed by atoms with van der Waals surface area (Å²) in [6.45, 7) is 2.08. The number of halogens is 1. The highest BCUT2D eigenvalue weighted by Crippen LogP contribution is 2.35. The van der Waals surface area contributed by atoms with Crippen LogP contribution in [0, 0.1) is 6.92 Å². The Morgan fingerprint density at radius 1 is 1.00 bits per heavy atom. The molecule has 3 aromatic carbocycles. The quantitative estimate of drug-likeness (QED) is 0.413. The number of benzene rings is 3. The summed E-state index contributed by atoms with van der Waals surface area (Å²) in [4.78, 5) is 12.5. The van der Waals surface area contributed by atoms with Crippen molar-refractivity contribution in [1.82, 2.24) is 0 Å². The number of rotatable bonds is 4. The Bertz CT molecular complexity index is 1150. The van der Waals surface area contributed by atoms with Crippen molar-refractivity contribution in [1.29, 1.82) is 0 Å². The first-order valence-corrected chi connectivity index (χ1v) is 9.81. The predicted octanol–water partition coefficient (Wildman–Crippen LogP) is 6.82. The Hall–Kier alpha value is -2.62. The number of fused-ring (bicyclic) bond motifs is 1. The fraction of sp³-hybridized carbons (Fsp3) is 0.0870. The molecule has 0 saturated heterocycles. The maximum Gasteiger partial charge on any atom is 0.335 e. The van der Waals surface area contributed by atoms with Crippen LogP contribution < -0.4 is 0 Å². The van der Waals surface area contributed by atoms with Crippen LogP contribution in [-0.2, 0) is 6.42 Å². The van der Waals surface area contributed by atoms with E-state index in [9.17, 15) is 9.90 Å². The van der Waals surface area contributed by atoms with E-state index in [0.717, 1.165) is 37.4 Å². The number of carbonyl (C=O) groups is 1. The van der Waals surface area contributed by atoms with E-state index in [1.54, 1.807) is 23.5 Å². The Morgan fingerprint density at radius 3 is 2.48 bits per heavy atom. The molecular formula is C23H17ClO2S. The molecule has 0 aliphatic heterocycles. The van der Waals surface area contributed by atoms with Crippen LogP contribution in [0.1, 0.15) is 26.4 Å². The second-order valence-corrected chi connectivity index (χ2v) is 8.17. The number of hydrogen-bond donors (Lipinski definition) is 1. The van der Waals surface area contributed by atoms with Crippen molar-refractivity contribution in [3.63, 3.8) is 0 Å². The highest BCUT2D eigenvalue weighted by atomic mass is 35.5. The Kier molecular flexibility index (Phi) is 4.73. The molecule has 0 aliphatic rings. The molecule has 1 aromatic heterocycles. The standard InChI is InChI=1S/C23H17ClO2S/c1-14-19(20-12-18(23(25)26)9-10-22(20)27-14)11-17-8-7-16(13-21(17)24)15-5-3-2-4-6-15/h2-10,12-13H,11H2,1H3,(H,25,26). The van der Waals surface area contributed by atoms with Gasteiger partial charge in [0.05, 0.1) is 5.56 Å². The second kappa shape index (κ2) is 7.18. The third kappa shape index (κ3) is 3.48. The first-order chi connectivity index (χ1) is 13.0. The molecule has 0 unspecified atom stereocenters. The summed E-state index contributed by atoms with van der Waals surface area (Å²) < 4.78 is 1.10. The number of hydrogen-bond acceptors (Lipinski definition) is 2. The normalized spacial score (nSPS) is 11.0. The minimum atomic E-state index is -0.906. The van der Waals surface area contributed by atoms with Gasteiger partial charge in [0.25, 0.3) is 0 Å². The van der Waals surface area contributed by atoms with Gasteiger partial charge < -0.3 is 5.11 Å². The zero-order valence-electron chi connectivity index (χ0n) is 14.7. The maximum atomic E-state index is 11.3. The van der Waals surface area contributed by atoms with E-state index in [-0.39, 0.29) is 0 Å². The molecule has 0 fully saturated rings. The molecular weight excluding hydrogens is 376 g/mol. The fourth-order valence-electron chi connectivity index (χ4n) is 3.32. The zero-order valence-corrected chi connectivity index (χ0v) is 16.3. The number of carboxylic acids is 1. The highest BCUT2D eigenvalue weighted by molar-refractivity contribution is 7.19. The molecule has 4 rings (SSSR count). The van der Waals surface area contributed by atoms with Gasteiger partial charge in [0.2, 0.25) is 0 Å². The summed E-state index contributed by atoms with van der Waals surface area (Å²) in [6.07, 6.45) is 0.683. The predicted molar refractivity (Wildman–Crippen MR) is 113 cm³/mol. The molecule has 1 heterocycles. The van der Waals surface area contributed by atoms with Crippen LogP contribution in [-0.4, -0.2) is 11.1 Å². The van der Waals surface area contributed by atoms with E-state index in [0.29, 0.717) is 12.0 Å². The van der Waals surface area contributed by atoms with Gasteiger partial charge in [-0.25, -0.2) is 4.79 Å². The van der Waals surface area contributed by atoms with E-state index in [1.807, 2.05) is 30.3 Å². The van der Waals surface area contributed by atoms with Crippen molar-refractivity contribution in [3.8, 4) is 11.1 Å². The fourth-order valence-corrected chi connectivity index (χ4v) is 4.63. The largest absolute Gasteiger partial charge is 0.478 e. The van der Waals surface area contributed by atoms with Gasteiger partial charge in [0.1, 0.15) is 0 Å². The molecule has 1 N–H and O–H groups in total. The summed E-state index contributed by atoms with van der Waals surface area (Å²) in [5.74, 6) is -0.906. The lowest BCUT2D eigenvalue weighted by molar-refractivity contribution is 0.0697. The van der Waals surface area contributed by atoms with Crippen molar-refractivity contribution in [2.45, 2.75) is 13.3 Å². The first-order valence-electron chi connectivity index (χ1n) is 8.62. The maximum absolute atomic E-state index is 11.3. The molecule has 4 heteroatoms. The smallest absolute Gasteiger partial charge is 0.335 e. The van der Waals surface area contributed by atoms with Crippen LogP contribution in [0.3, 0.4) is 0 Å². The van der Waals surface area contributed by atoms with Crippen molar-refractivity contribution in [2.75, 3.05) is 0 Å². The lowest BCUT2D eigenvalue weighted by atomic mass is 9.98. The van der Waals surface area contributed by atoms with Gasteiger partial charge >= 0.3 is 5.97 Å². The van der Waals surface area contributed by atoms with Crippen molar-refractivity contribution in [2.24, 2.45) is 0 Å². The zero-order chi connectivity index (χ0) is 19.0. The topological polar surface area (TPSA) is 37.3 Å². The number of aromatic carboxylic acids is 1. The molecule has 0 aliphatic carbocycles. The average Bonchev–Trinajstić information content (AvgIpc) is 2.98. The van der Waals surface area contributed by atoms with Gasteiger partial charge in [-0.1, -0.05) is 54.1 Å². The summed E-state index contributed by atoms with van der Waals surface area (Å²) >= 11 is 8.28. The number of carboxylic acid groups (broad SMARTS) is 1. The van der Waals surface area contributed by atoms with E-state index in [2.05, 4.69) is 31.2 Å². The molecule has 0 radical (unpaired) electrons. The molecule has 0 bridgehead atoms. The summed E-state index contributed by atoms with van der Waals surface area (Å²) in [7, 11) is 0. The molecule has 0 spiro atoms. The van der Waals surface area contributed by atoms with E-state index >= 15 is 0 Å². The van der Waals surface area contributed by atoms with Crippen molar-refractivity contribution >= 4 is 39.0 Å². The van der Waals surface area contributed by atoms with Crippen LogP contribution in [0.4, 0.5) is 0 Å². The van der Waals surface area contributed by atoms with Gasteiger partial charge in [-0.3, -0.25) is 0 Å². The Labute approximate surface area is 166 Å². The van der Waals surface area contributed by atoms with Gasteiger partial charge in [0, 0.05) is 21.0 Å². The third-order valence-corrected chi connectivity index (χ3v) is 6.25. The van der Waals surface area contributed by atoms with E-state index in [1.165, 1.54) is 4.88 Å². The summed E-state index contributed by atoms with van der Waals surface area (Å²) in [5, 5.41) is 11.0. The minimum Gasteiger partial charge on any atom is -0.478 e. The molecule has 0 saturated carbocycles. The Morgan fingerprint density at radius 2 is 1.78 bits per heavy atom. The van der Waals surface area contributed by atoms with Gasteiger partial charge in [-0.05, 0) is 58.8 Å². The van der Waals surface area contributed by atoms with Crippen LogP contribution in [0.5, 0.6) is 0 Å². The molecule has 134 valence electrons. The number of thiophene rings is 1. The molecule has 0 atom stereocenters. The SMILES string of the molecule is Cc1sc2ccc(C(=O)O)cc2c1Cc1ccc(-c2ccccc2)cc1Cl. The van der Waals surface area contributed by atoms with E-state index < -0.39 is 5.97 Å². The lowest BCUT2D eigenvalue weighted by Gasteiger charge is -2.09. The molecule has 2 nitrogen and oxygen atoms in total. The van der Waals surface area contributed by atoms with E-state index in [4.69, 9.17) is 11.6 Å². The average molecular weight is 393 g/mol. The van der Waals surface area contributed by atoms with Gasteiger partial charge in [-0.2, -0.15) is 0 Å². The van der Waals surface area contributed by atoms with Crippen LogP contribution in [0.15, 0.2) is 66.7 Å². The monoisotopic (exact) mass is 392 g/mol. The summed E-state index contributed by atoms with van der Waals surface area (Å²) in [6, 6.07) is 21.6. The van der Waals surface area contributed by atoms with Crippen molar-refractivity contribution in [3.05, 3.63) is 93.3 Å². The second-order valence-electron chi connectivity index (χ2n) is 6.50. The molecule has 0 amide bonds. The lowest BCUT2D eigenvalue weighted by Crippen LogP contribution is -1.96. The van der Waals surface area contributed by atoms with Crippen LogP contribution >= 0.6 is 22.9 Å². The molecule has 4 aromatic rings. The van der Waals surface area contributed by atoms with Gasteiger partial charge in [0.15, 0.2) is 0 Å². The van der Waals surface area contributed by atoms with Crippen molar-refractivity contribution < 1.29 is 9.90 Å². The first kappa shape index (κ1) is 17.8. The third-order valence-electron chi connectivity index (χ3n) is 4.77. The number of aryl methyl sites for hydroxylation is 1. The highest BCUT2D eigenvalue weighted by Gasteiger charge is 2.14. The minimum absolute atomic E-state index is 0.312. The van der Waals surface area contributed by atoms with Crippen LogP contribution in [0.2, 0.25) is 5.02 Å². The summed E-state index contributed by atoms with van der Waals surface area (Å²) in [5.41, 5.74) is 4.72.